The highest BCUT2D eigenvalue weighted by molar-refractivity contribution is 5.90. The molecule has 1 saturated heterocycles. The van der Waals surface area contributed by atoms with Crippen molar-refractivity contribution in [1.29, 1.82) is 0 Å². The van der Waals surface area contributed by atoms with Gasteiger partial charge in [-0.05, 0) is 157 Å². The molecular weight excluding hydrogens is 1020 g/mol. The molecule has 4 heterocycles. The fourth-order valence-electron chi connectivity index (χ4n) is 10.7. The van der Waals surface area contributed by atoms with E-state index >= 15 is 0 Å². The maximum absolute atomic E-state index is 13.0. The van der Waals surface area contributed by atoms with E-state index in [4.69, 9.17) is 33.2 Å². The Balaban J connectivity index is 0.950. The lowest BCUT2D eigenvalue weighted by molar-refractivity contribution is -0.129. The van der Waals surface area contributed by atoms with E-state index in [-0.39, 0.29) is 40.9 Å². The SMILES string of the molecule is CCC(c1ccc(OC(=O)C=Cc2ccc(OC)cc2)cc1)C1C2OC(c3c2c(O)n(-c2ccc(OC(=O)C=Cc4ccc(OC)cc4)cc2)c3O)C1c1c(C)c(O)n(-c2ccc(OC(=O)C=Cc3ccc(OC)cc3)cc2)c1O. The number of fused-ring (bicyclic) bond motifs is 5. The van der Waals surface area contributed by atoms with E-state index in [1.807, 2.05) is 31.2 Å². The molecule has 0 saturated carbocycles. The molecule has 0 aliphatic carbocycles. The molecule has 0 radical (unpaired) electrons. The number of hydrogen-bond donors (Lipinski definition) is 4. The van der Waals surface area contributed by atoms with Gasteiger partial charge in [0, 0.05) is 41.2 Å². The molecule has 0 spiro atoms. The number of nitrogens with zero attached hydrogens (tertiary/aromatic N) is 2. The number of carbonyl (C=O) groups excluding carboxylic acids is 3. The third-order valence-corrected chi connectivity index (χ3v) is 14.5. The molecule has 5 atom stereocenters. The summed E-state index contributed by atoms with van der Waals surface area (Å²) in [7, 11) is 4.72. The van der Waals surface area contributed by atoms with Gasteiger partial charge in [0.05, 0.1) is 56.0 Å². The Morgan fingerprint density at radius 3 is 1.19 bits per heavy atom. The van der Waals surface area contributed by atoms with Crippen molar-refractivity contribution in [3.05, 3.63) is 208 Å². The highest BCUT2D eigenvalue weighted by Crippen LogP contribution is 2.70. The van der Waals surface area contributed by atoms with E-state index < -0.39 is 42.0 Å². The number of hydrogen-bond acceptors (Lipinski definition) is 14. The van der Waals surface area contributed by atoms with Crippen LogP contribution in [0.25, 0.3) is 29.6 Å². The van der Waals surface area contributed by atoms with Gasteiger partial charge in [0.2, 0.25) is 23.5 Å². The summed E-state index contributed by atoms with van der Waals surface area (Å²) >= 11 is 0. The third-order valence-electron chi connectivity index (χ3n) is 14.5. The Labute approximate surface area is 460 Å². The molecule has 8 aromatic rings. The number of esters is 3. The number of aromatic nitrogens is 2. The van der Waals surface area contributed by atoms with E-state index in [0.29, 0.717) is 63.0 Å². The summed E-state index contributed by atoms with van der Waals surface area (Å²) < 4.78 is 41.9. The number of ether oxygens (including phenoxy) is 7. The highest BCUT2D eigenvalue weighted by Gasteiger charge is 2.60. The Kier molecular flexibility index (Phi) is 15.3. The average molecular weight is 1080 g/mol. The zero-order valence-corrected chi connectivity index (χ0v) is 44.2. The molecular formula is C64H56N2O14. The van der Waals surface area contributed by atoms with Crippen LogP contribution in [0.15, 0.2) is 164 Å². The lowest BCUT2D eigenvalue weighted by atomic mass is 9.66. The normalized spacial score (nSPS) is 16.7. The van der Waals surface area contributed by atoms with Gasteiger partial charge in [0.25, 0.3) is 0 Å². The van der Waals surface area contributed by atoms with Gasteiger partial charge < -0.3 is 53.6 Å². The monoisotopic (exact) mass is 1080 g/mol. The first-order valence-electron chi connectivity index (χ1n) is 25.6. The molecule has 16 heteroatoms. The summed E-state index contributed by atoms with van der Waals surface area (Å²) in [6, 6.07) is 41.2. The van der Waals surface area contributed by atoms with Gasteiger partial charge in [-0.15, -0.1) is 0 Å². The van der Waals surface area contributed by atoms with Crippen LogP contribution in [0.5, 0.6) is 58.0 Å². The lowest BCUT2D eigenvalue weighted by Gasteiger charge is -2.34. The van der Waals surface area contributed by atoms with E-state index in [1.54, 1.807) is 168 Å². The van der Waals surface area contributed by atoms with Crippen molar-refractivity contribution in [3.63, 3.8) is 0 Å². The van der Waals surface area contributed by atoms with Gasteiger partial charge in [-0.2, -0.15) is 0 Å². The van der Waals surface area contributed by atoms with Crippen molar-refractivity contribution in [2.45, 2.75) is 44.3 Å². The molecule has 80 heavy (non-hydrogen) atoms. The van der Waals surface area contributed by atoms with Gasteiger partial charge in [-0.1, -0.05) is 55.5 Å². The minimum atomic E-state index is -0.941. The molecule has 406 valence electrons. The average Bonchev–Trinajstić information content (AvgIpc) is 2.32. The third kappa shape index (κ3) is 10.7. The molecule has 0 amide bonds. The fraction of sp³-hybridized carbons (Fsp3) is 0.172. The largest absolute Gasteiger partial charge is 0.497 e. The number of methoxy groups -OCH3 is 3. The highest BCUT2D eigenvalue weighted by atomic mass is 16.5. The predicted octanol–water partition coefficient (Wildman–Crippen LogP) is 12.0. The van der Waals surface area contributed by atoms with Crippen LogP contribution in [0.2, 0.25) is 0 Å². The molecule has 6 aromatic carbocycles. The van der Waals surface area contributed by atoms with Crippen molar-refractivity contribution >= 4 is 36.1 Å². The lowest BCUT2D eigenvalue weighted by Crippen LogP contribution is -2.26. The standard InChI is InChI=1S/C64H56N2O14/c1-6-50(41-16-28-47(29-17-41)77-51(67)34-13-38-7-22-44(74-3)23-8-38)55-56(54-37(2)61(70)65(62(54)71)42-18-30-48(31-19-42)78-52(68)35-14-39-9-24-45(75-4)25-10-39)60-58-57(59(55)80-60)63(72)66(64(58)73)43-20-32-49(33-21-43)79-53(69)36-15-40-11-26-46(76-5)27-12-40/h7-36,50,55-56,59-60,70-73H,6H2,1-5H3. The first-order chi connectivity index (χ1) is 38.8. The molecule has 5 unspecified atom stereocenters. The van der Waals surface area contributed by atoms with Crippen LogP contribution in [0, 0.1) is 12.8 Å². The second-order valence-corrected chi connectivity index (χ2v) is 19.1. The molecule has 4 N–H and O–H groups in total. The predicted molar refractivity (Wildman–Crippen MR) is 298 cm³/mol. The van der Waals surface area contributed by atoms with Gasteiger partial charge in [0.15, 0.2) is 0 Å². The van der Waals surface area contributed by atoms with Crippen molar-refractivity contribution < 1.29 is 68.0 Å². The Bertz CT molecular complexity index is 3650. The first kappa shape index (κ1) is 53.5. The summed E-state index contributed by atoms with van der Waals surface area (Å²) in [6.45, 7) is 3.70. The summed E-state index contributed by atoms with van der Waals surface area (Å²) in [5.41, 5.74) is 5.26. The van der Waals surface area contributed by atoms with Crippen molar-refractivity contribution in [3.8, 4) is 69.4 Å². The fourth-order valence-corrected chi connectivity index (χ4v) is 10.7. The van der Waals surface area contributed by atoms with Crippen LogP contribution in [0.3, 0.4) is 0 Å². The minimum absolute atomic E-state index is 0.222. The molecule has 10 rings (SSSR count). The van der Waals surface area contributed by atoms with Gasteiger partial charge in [0.1, 0.15) is 34.5 Å². The molecule has 2 bridgehead atoms. The number of benzene rings is 6. The van der Waals surface area contributed by atoms with Crippen molar-refractivity contribution in [1.82, 2.24) is 9.13 Å². The van der Waals surface area contributed by atoms with E-state index in [0.717, 1.165) is 22.3 Å². The summed E-state index contributed by atoms with van der Waals surface area (Å²) in [4.78, 5) is 38.6. The van der Waals surface area contributed by atoms with Gasteiger partial charge in [-0.25, -0.2) is 14.4 Å². The minimum Gasteiger partial charge on any atom is -0.497 e. The van der Waals surface area contributed by atoms with Crippen LogP contribution >= 0.6 is 0 Å². The van der Waals surface area contributed by atoms with Crippen LogP contribution < -0.4 is 28.4 Å². The maximum Gasteiger partial charge on any atom is 0.336 e. The van der Waals surface area contributed by atoms with E-state index in [1.165, 1.54) is 27.4 Å². The second kappa shape index (κ2) is 23.0. The quantitative estimate of drug-likeness (QED) is 0.0358. The molecule has 2 aromatic heterocycles. The second-order valence-electron chi connectivity index (χ2n) is 19.1. The first-order valence-corrected chi connectivity index (χ1v) is 25.6. The topological polar surface area (TPSA) is 207 Å². The summed E-state index contributed by atoms with van der Waals surface area (Å²) in [5.74, 6) is -1.69. The van der Waals surface area contributed by atoms with Crippen LogP contribution in [-0.2, 0) is 19.1 Å². The summed E-state index contributed by atoms with van der Waals surface area (Å²) in [6.07, 6.45) is 7.58. The number of rotatable bonds is 18. The maximum atomic E-state index is 13.0. The van der Waals surface area contributed by atoms with Crippen LogP contribution in [0.4, 0.5) is 0 Å². The summed E-state index contributed by atoms with van der Waals surface area (Å²) in [5, 5.41) is 48.8. The zero-order chi connectivity index (χ0) is 56.2. The molecule has 16 nitrogen and oxygen atoms in total. The Morgan fingerprint density at radius 1 is 0.475 bits per heavy atom. The Morgan fingerprint density at radius 2 is 0.812 bits per heavy atom. The van der Waals surface area contributed by atoms with E-state index in [9.17, 15) is 34.8 Å². The number of carbonyl (C=O) groups is 3. The van der Waals surface area contributed by atoms with Gasteiger partial charge in [-0.3, -0.25) is 9.13 Å². The number of aromatic hydroxyl groups is 4. The van der Waals surface area contributed by atoms with Crippen molar-refractivity contribution in [2.24, 2.45) is 5.92 Å². The van der Waals surface area contributed by atoms with Crippen LogP contribution in [0.1, 0.15) is 81.9 Å². The Hall–Kier alpha value is -9.93. The van der Waals surface area contributed by atoms with Crippen LogP contribution in [-0.4, -0.2) is 68.8 Å². The smallest absolute Gasteiger partial charge is 0.336 e. The molecule has 2 aliphatic heterocycles. The van der Waals surface area contributed by atoms with E-state index in [2.05, 4.69) is 0 Å². The molecule has 1 fully saturated rings. The molecule has 2 aliphatic rings. The van der Waals surface area contributed by atoms with Crippen molar-refractivity contribution in [2.75, 3.05) is 21.3 Å². The zero-order valence-electron chi connectivity index (χ0n) is 44.2. The van der Waals surface area contributed by atoms with Gasteiger partial charge >= 0.3 is 17.9 Å².